The minimum absolute atomic E-state index is 0.0856. The molecule has 0 radical (unpaired) electrons. The molecular weight excluding hydrogens is 317 g/mol. The molecule has 1 fully saturated rings. The standard InChI is InChI=1S/C8H15NO3.C6H4Cl2O/c1-12-7(6-10)8(11)9-4-2-3-5-9;7-5-2-1-4(9)3-6(5)8/h7,10H,2-6H2,1H3;1-3,9H. The van der Waals surface area contributed by atoms with Crippen molar-refractivity contribution in [3.63, 3.8) is 0 Å². The number of nitrogens with zero attached hydrogens (tertiary/aromatic N) is 1. The normalized spacial score (nSPS) is 15.3. The van der Waals surface area contributed by atoms with Crippen molar-refractivity contribution in [3.8, 4) is 5.75 Å². The summed E-state index contributed by atoms with van der Waals surface area (Å²) in [5.41, 5.74) is 0. The lowest BCUT2D eigenvalue weighted by Gasteiger charge is -2.20. The third kappa shape index (κ3) is 5.71. The minimum atomic E-state index is -0.664. The Kier molecular flexibility index (Phi) is 7.82. The predicted octanol–water partition coefficient (Wildman–Crippen LogP) is 2.32. The van der Waals surface area contributed by atoms with Crippen LogP contribution in [-0.2, 0) is 9.53 Å². The lowest BCUT2D eigenvalue weighted by molar-refractivity contribution is -0.143. The number of halogens is 2. The first kappa shape index (κ1) is 18.0. The van der Waals surface area contributed by atoms with Crippen LogP contribution in [0.25, 0.3) is 0 Å². The molecule has 1 aromatic rings. The third-order valence-electron chi connectivity index (χ3n) is 3.05. The molecule has 1 saturated heterocycles. The molecule has 7 heteroatoms. The number of likely N-dealkylation sites (tertiary alicyclic amines) is 1. The number of amides is 1. The second-order valence-electron chi connectivity index (χ2n) is 4.54. The van der Waals surface area contributed by atoms with Crippen molar-refractivity contribution in [1.82, 2.24) is 4.90 Å². The molecule has 0 saturated carbocycles. The molecule has 0 bridgehead atoms. The quantitative estimate of drug-likeness (QED) is 0.889. The maximum absolute atomic E-state index is 11.4. The Hall–Kier alpha value is -1.01. The van der Waals surface area contributed by atoms with Gasteiger partial charge in [-0.05, 0) is 31.0 Å². The summed E-state index contributed by atoms with van der Waals surface area (Å²) in [6.07, 6.45) is 1.46. The molecule has 1 aromatic carbocycles. The van der Waals surface area contributed by atoms with Crippen LogP contribution in [0, 0.1) is 0 Å². The highest BCUT2D eigenvalue weighted by Gasteiger charge is 2.25. The van der Waals surface area contributed by atoms with Gasteiger partial charge in [0.15, 0.2) is 6.10 Å². The molecule has 1 aliphatic heterocycles. The fraction of sp³-hybridized carbons (Fsp3) is 0.500. The average molecular weight is 336 g/mol. The van der Waals surface area contributed by atoms with Crippen LogP contribution >= 0.6 is 23.2 Å². The van der Waals surface area contributed by atoms with E-state index in [1.54, 1.807) is 11.0 Å². The van der Waals surface area contributed by atoms with Crippen LogP contribution in [0.15, 0.2) is 18.2 Å². The molecule has 1 amide bonds. The largest absolute Gasteiger partial charge is 0.508 e. The Morgan fingerprint density at radius 3 is 2.38 bits per heavy atom. The van der Waals surface area contributed by atoms with Crippen LogP contribution in [0.3, 0.4) is 0 Å². The lowest BCUT2D eigenvalue weighted by atomic mass is 10.3. The summed E-state index contributed by atoms with van der Waals surface area (Å²) in [7, 11) is 1.44. The zero-order chi connectivity index (χ0) is 15.8. The molecule has 0 aliphatic carbocycles. The van der Waals surface area contributed by atoms with Crippen LogP contribution in [0.5, 0.6) is 5.75 Å². The summed E-state index contributed by atoms with van der Waals surface area (Å²) in [6, 6.07) is 4.41. The van der Waals surface area contributed by atoms with Gasteiger partial charge >= 0.3 is 0 Å². The van der Waals surface area contributed by atoms with Crippen LogP contribution in [0.2, 0.25) is 10.0 Å². The van der Waals surface area contributed by atoms with E-state index >= 15 is 0 Å². The Balaban J connectivity index is 0.000000219. The number of hydrogen-bond donors (Lipinski definition) is 2. The average Bonchev–Trinajstić information content (AvgIpc) is 2.99. The molecule has 2 N–H and O–H groups in total. The molecule has 0 aromatic heterocycles. The van der Waals surface area contributed by atoms with Gasteiger partial charge in [0.2, 0.25) is 0 Å². The van der Waals surface area contributed by atoms with Gasteiger partial charge in [-0.3, -0.25) is 4.79 Å². The Labute approximate surface area is 134 Å². The molecule has 2 rings (SSSR count). The van der Waals surface area contributed by atoms with Gasteiger partial charge in [-0.15, -0.1) is 0 Å². The fourth-order valence-corrected chi connectivity index (χ4v) is 2.17. The van der Waals surface area contributed by atoms with E-state index in [9.17, 15) is 4.79 Å². The number of hydrogen-bond acceptors (Lipinski definition) is 4. The number of carbonyl (C=O) groups is 1. The van der Waals surface area contributed by atoms with E-state index < -0.39 is 6.10 Å². The Bertz CT molecular complexity index is 456. The van der Waals surface area contributed by atoms with Gasteiger partial charge in [-0.1, -0.05) is 23.2 Å². The van der Waals surface area contributed by atoms with Crippen molar-refractivity contribution < 1.29 is 19.7 Å². The zero-order valence-electron chi connectivity index (χ0n) is 11.8. The van der Waals surface area contributed by atoms with Crippen molar-refractivity contribution in [2.24, 2.45) is 0 Å². The summed E-state index contributed by atoms with van der Waals surface area (Å²) in [4.78, 5) is 13.2. The monoisotopic (exact) mass is 335 g/mol. The highest BCUT2D eigenvalue weighted by atomic mass is 35.5. The SMILES string of the molecule is COC(CO)C(=O)N1CCCC1.Oc1ccc(Cl)c(Cl)c1. The zero-order valence-corrected chi connectivity index (χ0v) is 13.3. The molecule has 5 nitrogen and oxygen atoms in total. The molecule has 1 heterocycles. The topological polar surface area (TPSA) is 70.0 Å². The maximum Gasteiger partial charge on any atom is 0.254 e. The van der Waals surface area contributed by atoms with Crippen molar-refractivity contribution in [1.29, 1.82) is 0 Å². The smallest absolute Gasteiger partial charge is 0.254 e. The third-order valence-corrected chi connectivity index (χ3v) is 3.79. The molecule has 21 heavy (non-hydrogen) atoms. The lowest BCUT2D eigenvalue weighted by Crippen LogP contribution is -2.40. The summed E-state index contributed by atoms with van der Waals surface area (Å²) in [5, 5.41) is 18.4. The first-order valence-electron chi connectivity index (χ1n) is 6.56. The van der Waals surface area contributed by atoms with Gasteiger partial charge in [-0.25, -0.2) is 0 Å². The molecule has 1 atom stereocenters. The number of aromatic hydroxyl groups is 1. The summed E-state index contributed by atoms with van der Waals surface area (Å²) in [5.74, 6) is 0.0434. The number of phenolic OH excluding ortho intramolecular Hbond substituents is 1. The van der Waals surface area contributed by atoms with Crippen molar-refractivity contribution >= 4 is 29.1 Å². The number of aliphatic hydroxyl groups excluding tert-OH is 1. The number of benzene rings is 1. The van der Waals surface area contributed by atoms with E-state index in [4.69, 9.17) is 38.2 Å². The van der Waals surface area contributed by atoms with Crippen LogP contribution < -0.4 is 0 Å². The first-order valence-corrected chi connectivity index (χ1v) is 7.31. The van der Waals surface area contributed by atoms with E-state index in [2.05, 4.69) is 0 Å². The fourth-order valence-electron chi connectivity index (χ4n) is 1.88. The van der Waals surface area contributed by atoms with E-state index in [0.29, 0.717) is 10.0 Å². The minimum Gasteiger partial charge on any atom is -0.508 e. The number of ether oxygens (including phenoxy) is 1. The summed E-state index contributed by atoms with van der Waals surface area (Å²) >= 11 is 11.1. The number of methoxy groups -OCH3 is 1. The molecule has 1 aliphatic rings. The molecular formula is C14H19Cl2NO4. The highest BCUT2D eigenvalue weighted by molar-refractivity contribution is 6.42. The predicted molar refractivity (Wildman–Crippen MR) is 81.8 cm³/mol. The van der Waals surface area contributed by atoms with Crippen LogP contribution in [-0.4, -0.2) is 53.9 Å². The number of carbonyl (C=O) groups excluding carboxylic acids is 1. The van der Waals surface area contributed by atoms with Crippen LogP contribution in [0.4, 0.5) is 0 Å². The van der Waals surface area contributed by atoms with Gasteiger partial charge in [-0.2, -0.15) is 0 Å². The van der Waals surface area contributed by atoms with Crippen LogP contribution in [0.1, 0.15) is 12.8 Å². The molecule has 0 spiro atoms. The number of aliphatic hydroxyl groups is 1. The van der Waals surface area contributed by atoms with Gasteiger partial charge in [0, 0.05) is 20.2 Å². The van der Waals surface area contributed by atoms with Gasteiger partial charge in [0.25, 0.3) is 5.91 Å². The number of rotatable bonds is 3. The summed E-state index contributed by atoms with van der Waals surface area (Å²) < 4.78 is 4.83. The summed E-state index contributed by atoms with van der Waals surface area (Å²) in [6.45, 7) is 1.38. The molecule has 1 unspecified atom stereocenters. The van der Waals surface area contributed by atoms with Crippen molar-refractivity contribution in [2.45, 2.75) is 18.9 Å². The van der Waals surface area contributed by atoms with Crippen molar-refractivity contribution in [3.05, 3.63) is 28.2 Å². The Morgan fingerprint density at radius 2 is 1.95 bits per heavy atom. The van der Waals surface area contributed by atoms with Gasteiger partial charge in [0.05, 0.1) is 16.7 Å². The second-order valence-corrected chi connectivity index (χ2v) is 5.35. The molecule has 118 valence electrons. The number of phenols is 1. The first-order chi connectivity index (χ1) is 9.99. The van der Waals surface area contributed by atoms with Crippen molar-refractivity contribution in [2.75, 3.05) is 26.8 Å². The second kappa shape index (κ2) is 9.10. The van der Waals surface area contributed by atoms with E-state index in [-0.39, 0.29) is 18.3 Å². The maximum atomic E-state index is 11.4. The van der Waals surface area contributed by atoms with E-state index in [1.807, 2.05) is 0 Å². The van der Waals surface area contributed by atoms with E-state index in [1.165, 1.54) is 19.2 Å². The Morgan fingerprint density at radius 1 is 1.33 bits per heavy atom. The van der Waals surface area contributed by atoms with E-state index in [0.717, 1.165) is 25.9 Å². The highest BCUT2D eigenvalue weighted by Crippen LogP contribution is 2.25. The van der Waals surface area contributed by atoms with Gasteiger partial charge < -0.3 is 19.8 Å². The van der Waals surface area contributed by atoms with Gasteiger partial charge in [0.1, 0.15) is 5.75 Å².